The molecule has 0 heterocycles. The highest BCUT2D eigenvalue weighted by atomic mass is 16.5. The zero-order valence-corrected chi connectivity index (χ0v) is 16.1. The van der Waals surface area contributed by atoms with E-state index in [1.165, 1.54) is 0 Å². The van der Waals surface area contributed by atoms with Crippen molar-refractivity contribution in [2.75, 3.05) is 14.2 Å². The number of ether oxygens (including phenoxy) is 3. The van der Waals surface area contributed by atoms with Crippen molar-refractivity contribution in [3.8, 4) is 23.3 Å². The first-order valence-electron chi connectivity index (χ1n) is 8.86. The average Bonchev–Trinajstić information content (AvgIpc) is 2.77. The second-order valence-corrected chi connectivity index (χ2v) is 6.06. The normalized spacial score (nSPS) is 10.7. The van der Waals surface area contributed by atoms with E-state index < -0.39 is 5.97 Å². The standard InChI is InChI=1S/C24H19NO4/c1-27-20-12-10-18(11-13-20)24(26)29-21-7-5-6-17(15-21)14-19(16-25)22-8-3-4-9-23(22)28-2/h3-15H,1-2H3/b19-14-. The van der Waals surface area contributed by atoms with Gasteiger partial charge in [0.25, 0.3) is 0 Å². The molecule has 0 aromatic heterocycles. The maximum Gasteiger partial charge on any atom is 0.343 e. The van der Waals surface area contributed by atoms with Crippen molar-refractivity contribution >= 4 is 17.6 Å². The number of hydrogen-bond donors (Lipinski definition) is 0. The van der Waals surface area contributed by atoms with E-state index in [1.54, 1.807) is 68.8 Å². The minimum absolute atomic E-state index is 0.386. The Bertz CT molecular complexity index is 1080. The monoisotopic (exact) mass is 385 g/mol. The fourth-order valence-corrected chi connectivity index (χ4v) is 2.76. The molecule has 0 fully saturated rings. The molecule has 0 radical (unpaired) electrons. The van der Waals surface area contributed by atoms with Crippen LogP contribution in [0.2, 0.25) is 0 Å². The van der Waals surface area contributed by atoms with E-state index in [4.69, 9.17) is 14.2 Å². The van der Waals surface area contributed by atoms with E-state index in [1.807, 2.05) is 24.3 Å². The number of esters is 1. The van der Waals surface area contributed by atoms with Crippen molar-refractivity contribution < 1.29 is 19.0 Å². The van der Waals surface area contributed by atoms with Gasteiger partial charge in [-0.15, -0.1) is 0 Å². The predicted molar refractivity (Wildman–Crippen MR) is 111 cm³/mol. The fourth-order valence-electron chi connectivity index (χ4n) is 2.76. The molecular weight excluding hydrogens is 366 g/mol. The number of rotatable bonds is 6. The van der Waals surface area contributed by atoms with Gasteiger partial charge in [0.15, 0.2) is 0 Å². The Morgan fingerprint density at radius 1 is 0.897 bits per heavy atom. The molecule has 0 saturated carbocycles. The van der Waals surface area contributed by atoms with Crippen molar-refractivity contribution in [1.29, 1.82) is 5.26 Å². The Hall–Kier alpha value is -4.04. The van der Waals surface area contributed by atoms with Gasteiger partial charge >= 0.3 is 5.97 Å². The molecule has 5 heteroatoms. The van der Waals surface area contributed by atoms with E-state index in [0.29, 0.717) is 33.9 Å². The highest BCUT2D eigenvalue weighted by molar-refractivity contribution is 5.93. The zero-order chi connectivity index (χ0) is 20.6. The molecule has 0 unspecified atom stereocenters. The maximum atomic E-state index is 12.4. The number of hydrogen-bond acceptors (Lipinski definition) is 5. The molecule has 29 heavy (non-hydrogen) atoms. The molecule has 0 aliphatic heterocycles. The number of para-hydroxylation sites is 1. The van der Waals surface area contributed by atoms with Gasteiger partial charge in [-0.3, -0.25) is 0 Å². The van der Waals surface area contributed by atoms with E-state index in [2.05, 4.69) is 6.07 Å². The summed E-state index contributed by atoms with van der Waals surface area (Å²) >= 11 is 0. The summed E-state index contributed by atoms with van der Waals surface area (Å²) in [6.45, 7) is 0. The minimum atomic E-state index is -0.473. The third kappa shape index (κ3) is 4.82. The lowest BCUT2D eigenvalue weighted by molar-refractivity contribution is 0.0734. The summed E-state index contributed by atoms with van der Waals surface area (Å²) < 4.78 is 15.9. The molecule has 0 saturated heterocycles. The van der Waals surface area contributed by atoms with Crippen LogP contribution in [0, 0.1) is 11.3 Å². The van der Waals surface area contributed by atoms with Gasteiger partial charge in [0.05, 0.1) is 31.4 Å². The van der Waals surface area contributed by atoms with Crippen molar-refractivity contribution in [3.05, 3.63) is 89.5 Å². The fraction of sp³-hybridized carbons (Fsp3) is 0.0833. The number of carbonyl (C=O) groups is 1. The van der Waals surface area contributed by atoms with Crippen LogP contribution < -0.4 is 14.2 Å². The number of benzene rings is 3. The first-order chi connectivity index (χ1) is 14.1. The molecule has 0 N–H and O–H groups in total. The van der Waals surface area contributed by atoms with E-state index in [9.17, 15) is 10.1 Å². The number of allylic oxidation sites excluding steroid dienone is 1. The third-order valence-electron chi connectivity index (χ3n) is 4.22. The van der Waals surface area contributed by atoms with Crippen LogP contribution in [0.3, 0.4) is 0 Å². The summed E-state index contributed by atoms with van der Waals surface area (Å²) in [7, 11) is 3.12. The Balaban J connectivity index is 1.84. The Kier molecular flexibility index (Phi) is 6.29. The molecule has 0 aliphatic rings. The van der Waals surface area contributed by atoms with Crippen molar-refractivity contribution in [2.45, 2.75) is 0 Å². The van der Waals surface area contributed by atoms with Crippen LogP contribution in [0.25, 0.3) is 11.6 Å². The molecule has 144 valence electrons. The van der Waals surface area contributed by atoms with Gasteiger partial charge in [0.1, 0.15) is 17.2 Å². The average molecular weight is 385 g/mol. The van der Waals surface area contributed by atoms with Crippen LogP contribution in [-0.2, 0) is 0 Å². The third-order valence-corrected chi connectivity index (χ3v) is 4.22. The predicted octanol–water partition coefficient (Wildman–Crippen LogP) is 4.99. The van der Waals surface area contributed by atoms with Crippen molar-refractivity contribution in [2.24, 2.45) is 0 Å². The van der Waals surface area contributed by atoms with Crippen LogP contribution in [-0.4, -0.2) is 20.2 Å². The molecule has 3 rings (SSSR count). The van der Waals surface area contributed by atoms with Gasteiger partial charge in [-0.1, -0.05) is 24.3 Å². The summed E-state index contributed by atoms with van der Waals surface area (Å²) in [5.74, 6) is 1.19. The maximum absolute atomic E-state index is 12.4. The molecule has 5 nitrogen and oxygen atoms in total. The number of nitriles is 1. The van der Waals surface area contributed by atoms with Crippen LogP contribution >= 0.6 is 0 Å². The zero-order valence-electron chi connectivity index (χ0n) is 16.1. The Morgan fingerprint density at radius 2 is 1.66 bits per heavy atom. The van der Waals surface area contributed by atoms with Gasteiger partial charge in [0.2, 0.25) is 0 Å². The Labute approximate surface area is 169 Å². The van der Waals surface area contributed by atoms with Crippen LogP contribution in [0.15, 0.2) is 72.8 Å². The minimum Gasteiger partial charge on any atom is -0.497 e. The van der Waals surface area contributed by atoms with Gasteiger partial charge < -0.3 is 14.2 Å². The molecule has 0 bridgehead atoms. The van der Waals surface area contributed by atoms with Gasteiger partial charge in [-0.25, -0.2) is 4.79 Å². The lowest BCUT2D eigenvalue weighted by Crippen LogP contribution is -2.08. The molecule has 0 spiro atoms. The van der Waals surface area contributed by atoms with Crippen LogP contribution in [0.5, 0.6) is 17.2 Å². The second-order valence-electron chi connectivity index (χ2n) is 6.06. The number of methoxy groups -OCH3 is 2. The van der Waals surface area contributed by atoms with Crippen LogP contribution in [0.1, 0.15) is 21.5 Å². The SMILES string of the molecule is COc1ccc(C(=O)Oc2cccc(/C=C(/C#N)c3ccccc3OC)c2)cc1. The van der Waals surface area contributed by atoms with Gasteiger partial charge in [-0.2, -0.15) is 5.26 Å². The number of nitrogens with zero attached hydrogens (tertiary/aromatic N) is 1. The number of carbonyl (C=O) groups excluding carboxylic acids is 1. The summed E-state index contributed by atoms with van der Waals surface area (Å²) in [6.07, 6.45) is 1.72. The highest BCUT2D eigenvalue weighted by Crippen LogP contribution is 2.28. The molecule has 0 atom stereocenters. The summed E-state index contributed by atoms with van der Waals surface area (Å²) in [4.78, 5) is 12.4. The quantitative estimate of drug-likeness (QED) is 0.259. The van der Waals surface area contributed by atoms with E-state index >= 15 is 0 Å². The molecule has 3 aromatic carbocycles. The summed E-state index contributed by atoms with van der Waals surface area (Å²) in [5, 5.41) is 9.60. The van der Waals surface area contributed by atoms with E-state index in [-0.39, 0.29) is 0 Å². The van der Waals surface area contributed by atoms with Crippen LogP contribution in [0.4, 0.5) is 0 Å². The summed E-state index contributed by atoms with van der Waals surface area (Å²) in [5.41, 5.74) is 2.28. The summed E-state index contributed by atoms with van der Waals surface area (Å²) in [6, 6.07) is 23.2. The van der Waals surface area contributed by atoms with E-state index in [0.717, 1.165) is 5.56 Å². The lowest BCUT2D eigenvalue weighted by Gasteiger charge is -2.08. The smallest absolute Gasteiger partial charge is 0.343 e. The van der Waals surface area contributed by atoms with Crippen molar-refractivity contribution in [1.82, 2.24) is 0 Å². The van der Waals surface area contributed by atoms with Gasteiger partial charge in [0, 0.05) is 5.56 Å². The molecule has 3 aromatic rings. The highest BCUT2D eigenvalue weighted by Gasteiger charge is 2.10. The largest absolute Gasteiger partial charge is 0.497 e. The lowest BCUT2D eigenvalue weighted by atomic mass is 10.0. The van der Waals surface area contributed by atoms with Gasteiger partial charge in [-0.05, 0) is 60.2 Å². The Morgan fingerprint density at radius 3 is 2.34 bits per heavy atom. The molecular formula is C24H19NO4. The molecule has 0 amide bonds. The molecule has 0 aliphatic carbocycles. The van der Waals surface area contributed by atoms with Crippen molar-refractivity contribution in [3.63, 3.8) is 0 Å². The first kappa shape index (κ1) is 19.7. The topological polar surface area (TPSA) is 68.5 Å². The first-order valence-corrected chi connectivity index (χ1v) is 8.86. The second kappa shape index (κ2) is 9.25.